The molecule has 0 aromatic heterocycles. The Morgan fingerprint density at radius 3 is 1.14 bits per heavy atom. The molecule has 0 radical (unpaired) electrons. The first kappa shape index (κ1) is 25.6. The summed E-state index contributed by atoms with van der Waals surface area (Å²) in [6.07, 6.45) is -0.167. The van der Waals surface area contributed by atoms with Gasteiger partial charge in [0.15, 0.2) is 0 Å². The van der Waals surface area contributed by atoms with Crippen LogP contribution in [-0.4, -0.2) is 11.2 Å². The van der Waals surface area contributed by atoms with Gasteiger partial charge in [-0.15, -0.1) is 0 Å². The van der Waals surface area contributed by atoms with Crippen molar-refractivity contribution < 1.29 is 37.8 Å². The zero-order valence-electron chi connectivity index (χ0n) is 4.34. The average Bonchev–Trinajstić information content (AvgIpc) is 0.811. The largest absolute Gasteiger partial charge is 4.00 e. The van der Waals surface area contributed by atoms with E-state index in [1.807, 2.05) is 0 Å². The van der Waals surface area contributed by atoms with E-state index in [1.165, 1.54) is 0 Å². The van der Waals surface area contributed by atoms with Gasteiger partial charge in [0.2, 0.25) is 0 Å². The van der Waals surface area contributed by atoms with Crippen LogP contribution in [0.1, 0.15) is 13.8 Å². The number of aliphatic hydroxyl groups is 1. The molecule has 0 aromatic carbocycles. The second-order valence-electron chi connectivity index (χ2n) is 1.09. The van der Waals surface area contributed by atoms with Crippen LogP contribution in [-0.2, 0) is 32.7 Å². The summed E-state index contributed by atoms with van der Waals surface area (Å²) in [6.45, 7) is 3.44. The van der Waals surface area contributed by atoms with E-state index in [-0.39, 0.29) is 38.8 Å². The van der Waals surface area contributed by atoms with Gasteiger partial charge in [-0.2, -0.15) is 0 Å². The van der Waals surface area contributed by atoms with Gasteiger partial charge in [0.05, 0.1) is 0 Å². The minimum atomic E-state index is -0.167. The van der Waals surface area contributed by atoms with Crippen LogP contribution in [0, 0.1) is 0 Å². The topological polar surface area (TPSA) is 77.2 Å². The number of rotatable bonds is 0. The van der Waals surface area contributed by atoms with Gasteiger partial charge >= 0.3 is 21.7 Å². The van der Waals surface area contributed by atoms with Crippen molar-refractivity contribution in [3.05, 3.63) is 0 Å². The zero-order valence-corrected chi connectivity index (χ0v) is 5.90. The first-order chi connectivity index (χ1) is 1.73. The molecular weight excluding hydrogens is 132 g/mol. The summed E-state index contributed by atoms with van der Waals surface area (Å²) in [6, 6.07) is 0. The second kappa shape index (κ2) is 16.0. The third-order valence-corrected chi connectivity index (χ3v) is 0. The standard InChI is InChI=1S/C3H8O.2O.Ti/c1-3(2)4;;;/h3-4H,1-2H3;;;/q;2*-2;+4. The molecule has 0 atom stereocenters. The van der Waals surface area contributed by atoms with Gasteiger partial charge in [-0.1, -0.05) is 0 Å². The van der Waals surface area contributed by atoms with E-state index < -0.39 is 0 Å². The summed E-state index contributed by atoms with van der Waals surface area (Å²) in [5, 5.41) is 8.06. The van der Waals surface area contributed by atoms with Crippen LogP contribution in [0.2, 0.25) is 0 Å². The van der Waals surface area contributed by atoms with E-state index in [4.69, 9.17) is 5.11 Å². The van der Waals surface area contributed by atoms with E-state index in [0.29, 0.717) is 0 Å². The fraction of sp³-hybridized carbons (Fsp3) is 1.00. The van der Waals surface area contributed by atoms with Crippen LogP contribution in [0.4, 0.5) is 0 Å². The van der Waals surface area contributed by atoms with E-state index in [9.17, 15) is 0 Å². The Kier molecular flexibility index (Phi) is 58.3. The number of hydrogen-bond donors (Lipinski definition) is 1. The Hall–Kier alpha value is 0.594. The fourth-order valence-corrected chi connectivity index (χ4v) is 0. The molecule has 1 N–H and O–H groups in total. The van der Waals surface area contributed by atoms with Crippen molar-refractivity contribution >= 4 is 0 Å². The van der Waals surface area contributed by atoms with E-state index in [2.05, 4.69) is 0 Å². The van der Waals surface area contributed by atoms with Gasteiger partial charge in [0, 0.05) is 6.10 Å². The Morgan fingerprint density at radius 2 is 1.14 bits per heavy atom. The molecule has 0 aliphatic carbocycles. The van der Waals surface area contributed by atoms with Crippen molar-refractivity contribution in [1.82, 2.24) is 0 Å². The van der Waals surface area contributed by atoms with Gasteiger partial charge in [-0.05, 0) is 13.8 Å². The predicted molar refractivity (Wildman–Crippen MR) is 18.7 cm³/mol. The molecule has 0 amide bonds. The van der Waals surface area contributed by atoms with Gasteiger partial charge < -0.3 is 16.1 Å². The third kappa shape index (κ3) is 394. The molecule has 0 saturated heterocycles. The van der Waals surface area contributed by atoms with Crippen LogP contribution < -0.4 is 0 Å². The van der Waals surface area contributed by atoms with Gasteiger partial charge in [-0.3, -0.25) is 0 Å². The normalized spacial score (nSPS) is 5.14. The quantitative estimate of drug-likeness (QED) is 0.477. The fourth-order valence-electron chi connectivity index (χ4n) is 0. The second-order valence-corrected chi connectivity index (χ2v) is 1.09. The Bertz CT molecular complexity index is 14.9. The van der Waals surface area contributed by atoms with E-state index in [1.54, 1.807) is 13.8 Å². The molecule has 3 nitrogen and oxygen atoms in total. The molecule has 0 bridgehead atoms. The molecule has 0 rings (SSSR count). The summed E-state index contributed by atoms with van der Waals surface area (Å²) in [7, 11) is 0. The van der Waals surface area contributed by atoms with Crippen molar-refractivity contribution in [3.8, 4) is 0 Å². The monoisotopic (exact) mass is 140 g/mol. The SMILES string of the molecule is CC(C)O.[O-2].[O-2].[Ti+4]. The summed E-state index contributed by atoms with van der Waals surface area (Å²) >= 11 is 0. The summed E-state index contributed by atoms with van der Waals surface area (Å²) in [4.78, 5) is 0. The van der Waals surface area contributed by atoms with Crippen molar-refractivity contribution in [2.75, 3.05) is 0 Å². The summed E-state index contributed by atoms with van der Waals surface area (Å²) < 4.78 is 0. The summed E-state index contributed by atoms with van der Waals surface area (Å²) in [5.41, 5.74) is 0. The van der Waals surface area contributed by atoms with Crippen molar-refractivity contribution in [2.45, 2.75) is 20.0 Å². The molecule has 0 heterocycles. The first-order valence-corrected chi connectivity index (χ1v) is 1.41. The average molecular weight is 140 g/mol. The van der Waals surface area contributed by atoms with Crippen molar-refractivity contribution in [1.29, 1.82) is 0 Å². The van der Waals surface area contributed by atoms with Crippen LogP contribution in [0.5, 0.6) is 0 Å². The minimum Gasteiger partial charge on any atom is -2.00 e. The van der Waals surface area contributed by atoms with Crippen molar-refractivity contribution in [2.24, 2.45) is 0 Å². The molecular formula is C3H8O3Ti. The minimum absolute atomic E-state index is 0. The molecule has 42 valence electrons. The molecule has 0 spiro atoms. The van der Waals surface area contributed by atoms with Crippen LogP contribution in [0.15, 0.2) is 0 Å². The predicted octanol–water partition coefficient (Wildman–Crippen LogP) is 0.147. The van der Waals surface area contributed by atoms with E-state index >= 15 is 0 Å². The summed E-state index contributed by atoms with van der Waals surface area (Å²) in [5.74, 6) is 0. The molecule has 7 heavy (non-hydrogen) atoms. The van der Waals surface area contributed by atoms with Gasteiger partial charge in [0.1, 0.15) is 0 Å². The zero-order chi connectivity index (χ0) is 3.58. The Balaban J connectivity index is -0.0000000150. The third-order valence-electron chi connectivity index (χ3n) is 0. The van der Waals surface area contributed by atoms with Crippen LogP contribution in [0.3, 0.4) is 0 Å². The molecule has 0 saturated carbocycles. The maximum Gasteiger partial charge on any atom is 4.00 e. The molecule has 0 aromatic rings. The van der Waals surface area contributed by atoms with E-state index in [0.717, 1.165) is 0 Å². The first-order valence-electron chi connectivity index (χ1n) is 1.41. The number of hydrogen-bond acceptors (Lipinski definition) is 1. The van der Waals surface area contributed by atoms with Gasteiger partial charge in [0.25, 0.3) is 0 Å². The molecule has 0 aliphatic rings. The number of aliphatic hydroxyl groups excluding tert-OH is 1. The molecule has 0 fully saturated rings. The maximum absolute atomic E-state index is 8.06. The molecule has 0 unspecified atom stereocenters. The van der Waals surface area contributed by atoms with Crippen molar-refractivity contribution in [3.63, 3.8) is 0 Å². The van der Waals surface area contributed by atoms with Crippen LogP contribution in [0.25, 0.3) is 0 Å². The molecule has 4 heteroatoms. The Morgan fingerprint density at radius 1 is 1.14 bits per heavy atom. The van der Waals surface area contributed by atoms with Crippen LogP contribution >= 0.6 is 0 Å². The maximum atomic E-state index is 8.06. The van der Waals surface area contributed by atoms with Gasteiger partial charge in [-0.25, -0.2) is 0 Å². The smallest absolute Gasteiger partial charge is 2.00 e. The Labute approximate surface area is 58.2 Å². The molecule has 0 aliphatic heterocycles.